The van der Waals surface area contributed by atoms with Crippen LogP contribution in [-0.2, 0) is 6.54 Å². The summed E-state index contributed by atoms with van der Waals surface area (Å²) in [6.07, 6.45) is 2.54. The molecule has 0 spiro atoms. The average Bonchev–Trinajstić information content (AvgIpc) is 2.65. The topological polar surface area (TPSA) is 66.9 Å². The number of para-hydroxylation sites is 1. The number of benzene rings is 2. The van der Waals surface area contributed by atoms with Gasteiger partial charge >= 0.3 is 0 Å². The number of hydrogen-bond acceptors (Lipinski definition) is 4. The van der Waals surface area contributed by atoms with E-state index in [1.54, 1.807) is 12.1 Å². The van der Waals surface area contributed by atoms with Gasteiger partial charge in [0.25, 0.3) is 5.91 Å². The van der Waals surface area contributed by atoms with E-state index in [0.29, 0.717) is 17.5 Å². The van der Waals surface area contributed by atoms with Crippen LogP contribution in [0.15, 0.2) is 54.9 Å². The zero-order chi connectivity index (χ0) is 18.5. The van der Waals surface area contributed by atoms with Crippen LogP contribution in [0.5, 0.6) is 0 Å². The summed E-state index contributed by atoms with van der Waals surface area (Å²) in [4.78, 5) is 20.1. The third-order valence-corrected chi connectivity index (χ3v) is 3.73. The summed E-state index contributed by atoms with van der Waals surface area (Å²) >= 11 is 5.82. The largest absolute Gasteiger partial charge is 0.350 e. The van der Waals surface area contributed by atoms with Gasteiger partial charge in [0.05, 0.1) is 5.56 Å². The lowest BCUT2D eigenvalue weighted by Crippen LogP contribution is -2.15. The SMILES string of the molecule is O=C(Nc1c(F)cccc1F)c1cnc(NCc2ccc(Cl)cc2)nc1. The van der Waals surface area contributed by atoms with Crippen molar-refractivity contribution in [1.29, 1.82) is 0 Å². The number of hydrogen-bond donors (Lipinski definition) is 2. The molecule has 0 saturated heterocycles. The molecule has 0 radical (unpaired) electrons. The van der Waals surface area contributed by atoms with Crippen LogP contribution >= 0.6 is 11.6 Å². The smallest absolute Gasteiger partial charge is 0.258 e. The number of amides is 1. The molecule has 132 valence electrons. The van der Waals surface area contributed by atoms with Gasteiger partial charge < -0.3 is 10.6 Å². The first kappa shape index (κ1) is 17.8. The Morgan fingerprint density at radius 1 is 1.00 bits per heavy atom. The minimum absolute atomic E-state index is 0.0738. The van der Waals surface area contributed by atoms with E-state index < -0.39 is 23.2 Å². The molecule has 3 rings (SSSR count). The number of nitrogens with zero attached hydrogens (tertiary/aromatic N) is 2. The molecule has 0 unspecified atom stereocenters. The van der Waals surface area contributed by atoms with Gasteiger partial charge in [-0.15, -0.1) is 0 Å². The molecule has 8 heteroatoms. The highest BCUT2D eigenvalue weighted by atomic mass is 35.5. The Morgan fingerprint density at radius 3 is 2.23 bits per heavy atom. The molecule has 2 N–H and O–H groups in total. The second kappa shape index (κ2) is 7.88. The zero-order valence-corrected chi connectivity index (χ0v) is 14.1. The van der Waals surface area contributed by atoms with E-state index in [4.69, 9.17) is 11.6 Å². The monoisotopic (exact) mass is 374 g/mol. The van der Waals surface area contributed by atoms with Crippen molar-refractivity contribution >= 4 is 29.1 Å². The Labute approximate surface area is 153 Å². The van der Waals surface area contributed by atoms with E-state index in [1.165, 1.54) is 18.5 Å². The summed E-state index contributed by atoms with van der Waals surface area (Å²) in [5.74, 6) is -2.12. The van der Waals surface area contributed by atoms with Crippen LogP contribution in [0.3, 0.4) is 0 Å². The van der Waals surface area contributed by atoms with E-state index in [0.717, 1.165) is 17.7 Å². The van der Waals surface area contributed by atoms with E-state index in [9.17, 15) is 13.6 Å². The van der Waals surface area contributed by atoms with Crippen LogP contribution in [0.4, 0.5) is 20.4 Å². The molecule has 2 aromatic carbocycles. The lowest BCUT2D eigenvalue weighted by Gasteiger charge is -2.08. The molecule has 0 fully saturated rings. The molecule has 26 heavy (non-hydrogen) atoms. The van der Waals surface area contributed by atoms with Gasteiger partial charge in [0, 0.05) is 24.0 Å². The Morgan fingerprint density at radius 2 is 1.62 bits per heavy atom. The van der Waals surface area contributed by atoms with Gasteiger partial charge in [-0.1, -0.05) is 29.8 Å². The maximum Gasteiger partial charge on any atom is 0.258 e. The van der Waals surface area contributed by atoms with Crippen molar-refractivity contribution in [2.24, 2.45) is 0 Å². The highest BCUT2D eigenvalue weighted by Gasteiger charge is 2.14. The van der Waals surface area contributed by atoms with Crippen LogP contribution in [0.1, 0.15) is 15.9 Å². The Kier molecular flexibility index (Phi) is 5.38. The number of carbonyl (C=O) groups excluding carboxylic acids is 1. The summed E-state index contributed by atoms with van der Waals surface area (Å²) < 4.78 is 27.1. The van der Waals surface area contributed by atoms with Crippen LogP contribution in [0.25, 0.3) is 0 Å². The Bertz CT molecular complexity index is 897. The molecule has 5 nitrogen and oxygen atoms in total. The van der Waals surface area contributed by atoms with Gasteiger partial charge in [0.1, 0.15) is 17.3 Å². The molecule has 0 bridgehead atoms. The van der Waals surface area contributed by atoms with Crippen molar-refractivity contribution in [3.8, 4) is 0 Å². The van der Waals surface area contributed by atoms with Crippen LogP contribution < -0.4 is 10.6 Å². The number of nitrogens with one attached hydrogen (secondary N) is 2. The van der Waals surface area contributed by atoms with Gasteiger partial charge in [0.2, 0.25) is 5.95 Å². The predicted octanol–water partition coefficient (Wildman–Crippen LogP) is 4.27. The molecule has 0 saturated carbocycles. The Balaban J connectivity index is 1.63. The molecule has 0 aliphatic heterocycles. The minimum Gasteiger partial charge on any atom is -0.350 e. The number of halogens is 3. The number of anilines is 2. The molecular formula is C18H13ClF2N4O. The molecule has 3 aromatic rings. The van der Waals surface area contributed by atoms with E-state index >= 15 is 0 Å². The van der Waals surface area contributed by atoms with Crippen LogP contribution in [0, 0.1) is 11.6 Å². The molecule has 0 aliphatic carbocycles. The fraction of sp³-hybridized carbons (Fsp3) is 0.0556. The molecule has 1 heterocycles. The summed E-state index contributed by atoms with van der Waals surface area (Å²) in [6.45, 7) is 0.475. The minimum atomic E-state index is -0.861. The van der Waals surface area contributed by atoms with Gasteiger partial charge in [-0.05, 0) is 29.8 Å². The van der Waals surface area contributed by atoms with Gasteiger partial charge in [-0.25, -0.2) is 18.7 Å². The molecule has 0 atom stereocenters. The maximum absolute atomic E-state index is 13.6. The quantitative estimate of drug-likeness (QED) is 0.699. The lowest BCUT2D eigenvalue weighted by atomic mass is 10.2. The predicted molar refractivity (Wildman–Crippen MR) is 95.1 cm³/mol. The molecular weight excluding hydrogens is 362 g/mol. The first-order valence-electron chi connectivity index (χ1n) is 7.58. The zero-order valence-electron chi connectivity index (χ0n) is 13.3. The second-order valence-corrected chi connectivity index (χ2v) is 5.76. The van der Waals surface area contributed by atoms with Crippen molar-refractivity contribution in [3.63, 3.8) is 0 Å². The van der Waals surface area contributed by atoms with Gasteiger partial charge in [-0.3, -0.25) is 4.79 Å². The summed E-state index contributed by atoms with van der Waals surface area (Å²) in [5.41, 5.74) is 0.544. The molecule has 1 amide bonds. The third kappa shape index (κ3) is 4.31. The number of aromatic nitrogens is 2. The van der Waals surface area contributed by atoms with Gasteiger partial charge in [-0.2, -0.15) is 0 Å². The lowest BCUT2D eigenvalue weighted by molar-refractivity contribution is 0.102. The maximum atomic E-state index is 13.6. The van der Waals surface area contributed by atoms with E-state index in [2.05, 4.69) is 20.6 Å². The summed E-state index contributed by atoms with van der Waals surface area (Å²) in [5, 5.41) is 5.82. The van der Waals surface area contributed by atoms with Crippen molar-refractivity contribution in [3.05, 3.63) is 82.6 Å². The van der Waals surface area contributed by atoms with Crippen LogP contribution in [-0.4, -0.2) is 15.9 Å². The highest BCUT2D eigenvalue weighted by molar-refractivity contribution is 6.30. The molecule has 1 aromatic heterocycles. The van der Waals surface area contributed by atoms with Crippen molar-refractivity contribution < 1.29 is 13.6 Å². The number of rotatable bonds is 5. The first-order valence-corrected chi connectivity index (χ1v) is 7.96. The summed E-state index contributed by atoms with van der Waals surface area (Å²) in [6, 6.07) is 10.6. The average molecular weight is 375 g/mol. The van der Waals surface area contributed by atoms with E-state index in [1.807, 2.05) is 12.1 Å². The first-order chi connectivity index (χ1) is 12.5. The fourth-order valence-corrected chi connectivity index (χ4v) is 2.25. The Hall–Kier alpha value is -3.06. The standard InChI is InChI=1S/C18H13ClF2N4O/c19-13-6-4-11(5-7-13)8-22-18-23-9-12(10-24-18)17(26)25-16-14(20)2-1-3-15(16)21/h1-7,9-10H,8H2,(H,25,26)(H,22,23,24). The normalized spacial score (nSPS) is 10.4. The van der Waals surface area contributed by atoms with Gasteiger partial charge in [0.15, 0.2) is 0 Å². The molecule has 0 aliphatic rings. The second-order valence-electron chi connectivity index (χ2n) is 5.33. The van der Waals surface area contributed by atoms with Crippen LogP contribution in [0.2, 0.25) is 5.02 Å². The van der Waals surface area contributed by atoms with E-state index in [-0.39, 0.29) is 5.56 Å². The number of carbonyl (C=O) groups is 1. The van der Waals surface area contributed by atoms with Crippen molar-refractivity contribution in [1.82, 2.24) is 9.97 Å². The van der Waals surface area contributed by atoms with Crippen molar-refractivity contribution in [2.45, 2.75) is 6.54 Å². The third-order valence-electron chi connectivity index (χ3n) is 3.48. The highest BCUT2D eigenvalue weighted by Crippen LogP contribution is 2.19. The summed E-state index contributed by atoms with van der Waals surface area (Å²) in [7, 11) is 0. The van der Waals surface area contributed by atoms with Crippen molar-refractivity contribution in [2.75, 3.05) is 10.6 Å². The fourth-order valence-electron chi connectivity index (χ4n) is 2.12.